The molecule has 2 heterocycles. The number of nitrogens with zero attached hydrogens (tertiary/aromatic N) is 1. The molecule has 94 valence electrons. The summed E-state index contributed by atoms with van der Waals surface area (Å²) in [6.07, 6.45) is 0.877. The Hall–Kier alpha value is -1.91. The number of fused-ring (bicyclic) bond motifs is 1. The van der Waals surface area contributed by atoms with Crippen molar-refractivity contribution in [3.05, 3.63) is 35.8 Å². The lowest BCUT2D eigenvalue weighted by atomic mass is 10.1. The topological polar surface area (TPSA) is 36.1 Å². The zero-order valence-electron chi connectivity index (χ0n) is 9.62. The highest BCUT2D eigenvalue weighted by atomic mass is 19.1. The van der Waals surface area contributed by atoms with Gasteiger partial charge in [0.1, 0.15) is 12.0 Å². The third kappa shape index (κ3) is 1.66. The second kappa shape index (κ2) is 4.08. The summed E-state index contributed by atoms with van der Waals surface area (Å²) >= 11 is 0. The molecule has 2 aromatic rings. The van der Waals surface area contributed by atoms with Gasteiger partial charge in [0.2, 0.25) is 0 Å². The summed E-state index contributed by atoms with van der Waals surface area (Å²) in [6, 6.07) is 4.60. The summed E-state index contributed by atoms with van der Waals surface area (Å²) in [5, 5.41) is 0.282. The number of nitrogens with one attached hydrogen (secondary N) is 1. The molecule has 0 aliphatic carbocycles. The van der Waals surface area contributed by atoms with Crippen LogP contribution < -0.4 is 0 Å². The standard InChI is InChI=1S/C13H12F2N2O/c14-8-4-5-17(7-8)13(18)9-6-16-11-3-1-2-10(15)12(9)11/h1-3,6,8,16H,4-5,7H2/t8-/m0/s1. The lowest BCUT2D eigenvalue weighted by Gasteiger charge is -2.14. The average Bonchev–Trinajstić information content (AvgIpc) is 2.95. The molecule has 0 radical (unpaired) electrons. The molecule has 0 unspecified atom stereocenters. The van der Waals surface area contributed by atoms with Gasteiger partial charge in [-0.25, -0.2) is 8.78 Å². The number of alkyl halides is 1. The van der Waals surface area contributed by atoms with Gasteiger partial charge < -0.3 is 9.88 Å². The first-order valence-electron chi connectivity index (χ1n) is 5.86. The molecular weight excluding hydrogens is 238 g/mol. The van der Waals surface area contributed by atoms with Gasteiger partial charge in [0.05, 0.1) is 12.1 Å². The van der Waals surface area contributed by atoms with Crippen molar-refractivity contribution in [3.8, 4) is 0 Å². The van der Waals surface area contributed by atoms with Gasteiger partial charge >= 0.3 is 0 Å². The van der Waals surface area contributed by atoms with Crippen LogP contribution in [0, 0.1) is 5.82 Å². The predicted octanol–water partition coefficient (Wildman–Crippen LogP) is 2.49. The van der Waals surface area contributed by atoms with Gasteiger partial charge in [0.25, 0.3) is 5.91 Å². The van der Waals surface area contributed by atoms with E-state index in [2.05, 4.69) is 4.98 Å². The highest BCUT2D eigenvalue weighted by Crippen LogP contribution is 2.24. The Morgan fingerprint density at radius 2 is 2.28 bits per heavy atom. The first-order chi connectivity index (χ1) is 8.66. The maximum Gasteiger partial charge on any atom is 0.256 e. The third-order valence-electron chi connectivity index (χ3n) is 3.30. The maximum absolute atomic E-state index is 13.7. The number of halogens is 2. The van der Waals surface area contributed by atoms with E-state index in [9.17, 15) is 13.6 Å². The van der Waals surface area contributed by atoms with Crippen LogP contribution in [0.4, 0.5) is 8.78 Å². The minimum Gasteiger partial charge on any atom is -0.360 e. The molecule has 1 amide bonds. The fraction of sp³-hybridized carbons (Fsp3) is 0.308. The van der Waals surface area contributed by atoms with Crippen molar-refractivity contribution in [1.82, 2.24) is 9.88 Å². The van der Waals surface area contributed by atoms with Crippen molar-refractivity contribution in [1.29, 1.82) is 0 Å². The average molecular weight is 250 g/mol. The molecule has 1 N–H and O–H groups in total. The van der Waals surface area contributed by atoms with Crippen molar-refractivity contribution in [2.75, 3.05) is 13.1 Å². The molecule has 1 saturated heterocycles. The van der Waals surface area contributed by atoms with Gasteiger partial charge in [-0.2, -0.15) is 0 Å². The molecule has 1 aliphatic rings. The Morgan fingerprint density at radius 1 is 1.44 bits per heavy atom. The van der Waals surface area contributed by atoms with Crippen LogP contribution in [0.5, 0.6) is 0 Å². The van der Waals surface area contributed by atoms with Gasteiger partial charge in [0, 0.05) is 23.6 Å². The second-order valence-corrected chi connectivity index (χ2v) is 4.50. The number of aromatic nitrogens is 1. The molecule has 0 saturated carbocycles. The molecule has 5 heteroatoms. The second-order valence-electron chi connectivity index (χ2n) is 4.50. The van der Waals surface area contributed by atoms with Crippen LogP contribution in [-0.4, -0.2) is 35.1 Å². The van der Waals surface area contributed by atoms with Crippen molar-refractivity contribution in [2.24, 2.45) is 0 Å². The van der Waals surface area contributed by atoms with Crippen molar-refractivity contribution >= 4 is 16.8 Å². The molecule has 1 atom stereocenters. The monoisotopic (exact) mass is 250 g/mol. The number of carbonyl (C=O) groups is 1. The first-order valence-corrected chi connectivity index (χ1v) is 5.86. The third-order valence-corrected chi connectivity index (χ3v) is 3.30. The number of hydrogen-bond donors (Lipinski definition) is 1. The van der Waals surface area contributed by atoms with Gasteiger partial charge in [-0.3, -0.25) is 4.79 Å². The number of carbonyl (C=O) groups excluding carboxylic acids is 1. The van der Waals surface area contributed by atoms with Gasteiger partial charge in [-0.05, 0) is 18.6 Å². The molecule has 3 nitrogen and oxygen atoms in total. The summed E-state index contributed by atoms with van der Waals surface area (Å²) in [4.78, 5) is 16.5. The largest absolute Gasteiger partial charge is 0.360 e. The smallest absolute Gasteiger partial charge is 0.256 e. The molecule has 18 heavy (non-hydrogen) atoms. The Balaban J connectivity index is 2.02. The van der Waals surface area contributed by atoms with Crippen LogP contribution in [0.25, 0.3) is 10.9 Å². The van der Waals surface area contributed by atoms with E-state index in [1.807, 2.05) is 0 Å². The van der Waals surface area contributed by atoms with Gasteiger partial charge in [-0.15, -0.1) is 0 Å². The van der Waals surface area contributed by atoms with E-state index in [0.29, 0.717) is 18.5 Å². The number of likely N-dealkylation sites (tertiary alicyclic amines) is 1. The fourth-order valence-electron chi connectivity index (χ4n) is 2.38. The number of rotatable bonds is 1. The highest BCUT2D eigenvalue weighted by Gasteiger charge is 2.28. The van der Waals surface area contributed by atoms with E-state index in [4.69, 9.17) is 0 Å². The first kappa shape index (κ1) is 11.2. The van der Waals surface area contributed by atoms with Crippen molar-refractivity contribution < 1.29 is 13.6 Å². The summed E-state index contributed by atoms with van der Waals surface area (Å²) in [5.74, 6) is -0.750. The Morgan fingerprint density at radius 3 is 3.00 bits per heavy atom. The predicted molar refractivity (Wildman–Crippen MR) is 63.7 cm³/mol. The van der Waals surface area contributed by atoms with Gasteiger partial charge in [-0.1, -0.05) is 6.07 Å². The number of aromatic amines is 1. The summed E-state index contributed by atoms with van der Waals surface area (Å²) in [7, 11) is 0. The summed E-state index contributed by atoms with van der Waals surface area (Å²) < 4.78 is 26.8. The summed E-state index contributed by atoms with van der Waals surface area (Å²) in [6.45, 7) is 0.487. The van der Waals surface area contributed by atoms with Crippen LogP contribution in [0.2, 0.25) is 0 Å². The lowest BCUT2D eigenvalue weighted by Crippen LogP contribution is -2.28. The molecule has 0 bridgehead atoms. The number of benzene rings is 1. The van der Waals surface area contributed by atoms with E-state index < -0.39 is 12.0 Å². The quantitative estimate of drug-likeness (QED) is 0.829. The van der Waals surface area contributed by atoms with E-state index >= 15 is 0 Å². The normalized spacial score (nSPS) is 19.7. The Labute approximate surface area is 102 Å². The minimum atomic E-state index is -0.969. The molecule has 1 aliphatic heterocycles. The van der Waals surface area contributed by atoms with Crippen LogP contribution in [0.15, 0.2) is 24.4 Å². The van der Waals surface area contributed by atoms with E-state index in [-0.39, 0.29) is 23.4 Å². The van der Waals surface area contributed by atoms with Gasteiger partial charge in [0.15, 0.2) is 0 Å². The van der Waals surface area contributed by atoms with E-state index in [1.54, 1.807) is 12.1 Å². The van der Waals surface area contributed by atoms with Crippen molar-refractivity contribution in [2.45, 2.75) is 12.6 Å². The zero-order valence-corrected chi connectivity index (χ0v) is 9.62. The SMILES string of the molecule is O=C(c1c[nH]c2cccc(F)c12)N1CC[C@H](F)C1. The zero-order chi connectivity index (χ0) is 12.7. The number of hydrogen-bond acceptors (Lipinski definition) is 1. The van der Waals surface area contributed by atoms with Crippen LogP contribution >= 0.6 is 0 Å². The molecule has 0 spiro atoms. The molecule has 1 aromatic carbocycles. The van der Waals surface area contributed by atoms with Crippen LogP contribution in [-0.2, 0) is 0 Å². The molecule has 1 aromatic heterocycles. The minimum absolute atomic E-state index is 0.0972. The molecule has 3 rings (SSSR count). The Kier molecular flexibility index (Phi) is 2.54. The van der Waals surface area contributed by atoms with Crippen LogP contribution in [0.3, 0.4) is 0 Å². The summed E-state index contributed by atoms with van der Waals surface area (Å²) in [5.41, 5.74) is 0.853. The number of H-pyrrole nitrogens is 1. The lowest BCUT2D eigenvalue weighted by molar-refractivity contribution is 0.0784. The number of amides is 1. The van der Waals surface area contributed by atoms with E-state index in [0.717, 1.165) is 0 Å². The maximum atomic E-state index is 13.7. The van der Waals surface area contributed by atoms with Crippen LogP contribution in [0.1, 0.15) is 16.8 Å². The fourth-order valence-corrected chi connectivity index (χ4v) is 2.38. The Bertz CT molecular complexity index is 608. The van der Waals surface area contributed by atoms with Crippen molar-refractivity contribution in [3.63, 3.8) is 0 Å². The van der Waals surface area contributed by atoms with E-state index in [1.165, 1.54) is 17.2 Å². The highest BCUT2D eigenvalue weighted by molar-refractivity contribution is 6.07. The molecular formula is C13H12F2N2O. The molecule has 1 fully saturated rings.